The van der Waals surface area contributed by atoms with E-state index in [1.54, 1.807) is 12.5 Å². The molecule has 1 rings (SSSR count). The number of carbonyl (C=O) groups excluding carboxylic acids is 1. The van der Waals surface area contributed by atoms with Crippen LogP contribution < -0.4 is 5.32 Å². The number of carbonyl (C=O) groups is 1. The van der Waals surface area contributed by atoms with E-state index in [9.17, 15) is 4.79 Å². The maximum absolute atomic E-state index is 11.0. The smallest absolute Gasteiger partial charge is 0.305 e. The van der Waals surface area contributed by atoms with Crippen molar-refractivity contribution in [3.63, 3.8) is 0 Å². The lowest BCUT2D eigenvalue weighted by Crippen LogP contribution is -2.16. The van der Waals surface area contributed by atoms with Gasteiger partial charge in [-0.2, -0.15) is 0 Å². The molecule has 1 heterocycles. The van der Waals surface area contributed by atoms with Gasteiger partial charge in [0.15, 0.2) is 0 Å². The first-order valence-electron chi connectivity index (χ1n) is 5.07. The maximum Gasteiger partial charge on any atom is 0.305 e. The largest absolute Gasteiger partial charge is 0.466 e. The van der Waals surface area contributed by atoms with Crippen molar-refractivity contribution < 1.29 is 14.1 Å². The van der Waals surface area contributed by atoms with Crippen molar-refractivity contribution in [3.05, 3.63) is 18.0 Å². The van der Waals surface area contributed by atoms with E-state index in [4.69, 9.17) is 4.74 Å². The number of ether oxygens (including phenoxy) is 1. The molecule has 1 N–H and O–H groups in total. The third-order valence-corrected chi connectivity index (χ3v) is 1.85. The van der Waals surface area contributed by atoms with E-state index < -0.39 is 0 Å². The molecule has 5 nitrogen and oxygen atoms in total. The molecule has 0 aliphatic heterocycles. The molecule has 0 aromatic carbocycles. The highest BCUT2D eigenvalue weighted by Crippen LogP contribution is 1.96. The summed E-state index contributed by atoms with van der Waals surface area (Å²) in [7, 11) is 0. The molecule has 1 aromatic rings. The number of hydrogen-bond donors (Lipinski definition) is 1. The van der Waals surface area contributed by atoms with Crippen LogP contribution in [0.1, 0.15) is 25.3 Å². The Hall–Kier alpha value is -1.36. The summed E-state index contributed by atoms with van der Waals surface area (Å²) in [5.74, 6) is -0.135. The van der Waals surface area contributed by atoms with Crippen molar-refractivity contribution >= 4 is 5.97 Å². The molecular weight excluding hydrogens is 196 g/mol. The van der Waals surface area contributed by atoms with Gasteiger partial charge in [-0.25, -0.2) is 0 Å². The van der Waals surface area contributed by atoms with Crippen molar-refractivity contribution in [1.82, 2.24) is 10.5 Å². The van der Waals surface area contributed by atoms with Gasteiger partial charge < -0.3 is 14.6 Å². The van der Waals surface area contributed by atoms with Gasteiger partial charge in [0.05, 0.1) is 12.8 Å². The molecule has 84 valence electrons. The third kappa shape index (κ3) is 5.17. The van der Waals surface area contributed by atoms with Crippen molar-refractivity contribution in [2.75, 3.05) is 13.2 Å². The highest BCUT2D eigenvalue weighted by Gasteiger charge is 2.00. The summed E-state index contributed by atoms with van der Waals surface area (Å²) in [6.45, 7) is 3.76. The second kappa shape index (κ2) is 7.00. The molecule has 0 fully saturated rings. The second-order valence-electron chi connectivity index (χ2n) is 3.12. The van der Waals surface area contributed by atoms with Gasteiger partial charge in [-0.1, -0.05) is 5.16 Å². The molecule has 5 heteroatoms. The SMILES string of the molecule is CCOC(=O)CCCNCc1cnoc1. The number of rotatable bonds is 7. The van der Waals surface area contributed by atoms with Crippen LogP contribution in [0.5, 0.6) is 0 Å². The van der Waals surface area contributed by atoms with Crippen molar-refractivity contribution in [3.8, 4) is 0 Å². The highest BCUT2D eigenvalue weighted by atomic mass is 16.5. The van der Waals surface area contributed by atoms with E-state index in [0.29, 0.717) is 19.6 Å². The molecule has 15 heavy (non-hydrogen) atoms. The van der Waals surface area contributed by atoms with E-state index in [1.807, 2.05) is 6.92 Å². The molecule has 0 aliphatic rings. The monoisotopic (exact) mass is 212 g/mol. The van der Waals surface area contributed by atoms with E-state index in [0.717, 1.165) is 18.5 Å². The Kier molecular flexibility index (Phi) is 5.47. The number of aromatic nitrogens is 1. The lowest BCUT2D eigenvalue weighted by Gasteiger charge is -2.02. The molecule has 0 atom stereocenters. The Morgan fingerprint density at radius 2 is 2.53 bits per heavy atom. The quantitative estimate of drug-likeness (QED) is 0.541. The fourth-order valence-electron chi connectivity index (χ4n) is 1.14. The molecule has 0 spiro atoms. The van der Waals surface area contributed by atoms with Crippen molar-refractivity contribution in [2.45, 2.75) is 26.3 Å². The third-order valence-electron chi connectivity index (χ3n) is 1.85. The molecule has 1 aromatic heterocycles. The van der Waals surface area contributed by atoms with Crippen LogP contribution in [-0.4, -0.2) is 24.3 Å². The Labute approximate surface area is 88.8 Å². The molecule has 0 saturated heterocycles. The summed E-state index contributed by atoms with van der Waals surface area (Å²) in [6.07, 6.45) is 4.51. The van der Waals surface area contributed by atoms with Crippen LogP contribution >= 0.6 is 0 Å². The number of nitrogens with one attached hydrogen (secondary N) is 1. The summed E-state index contributed by atoms with van der Waals surface area (Å²) in [6, 6.07) is 0. The Bertz CT molecular complexity index is 272. The van der Waals surface area contributed by atoms with Crippen LogP contribution in [0.2, 0.25) is 0 Å². The van der Waals surface area contributed by atoms with Crippen molar-refractivity contribution in [2.24, 2.45) is 0 Å². The Morgan fingerprint density at radius 3 is 3.20 bits per heavy atom. The van der Waals surface area contributed by atoms with E-state index in [-0.39, 0.29) is 5.97 Å². The molecular formula is C10H16N2O3. The van der Waals surface area contributed by atoms with E-state index >= 15 is 0 Å². The molecule has 0 aliphatic carbocycles. The van der Waals surface area contributed by atoms with Crippen LogP contribution in [0.25, 0.3) is 0 Å². The van der Waals surface area contributed by atoms with E-state index in [1.165, 1.54) is 0 Å². The number of nitrogens with zero attached hydrogens (tertiary/aromatic N) is 1. The maximum atomic E-state index is 11.0. The van der Waals surface area contributed by atoms with Crippen LogP contribution in [0.4, 0.5) is 0 Å². The minimum atomic E-state index is -0.135. The zero-order chi connectivity index (χ0) is 10.9. The molecule has 0 amide bonds. The first-order valence-corrected chi connectivity index (χ1v) is 5.07. The van der Waals surface area contributed by atoms with Crippen molar-refractivity contribution in [1.29, 1.82) is 0 Å². The van der Waals surface area contributed by atoms with Crippen LogP contribution in [0, 0.1) is 0 Å². The predicted octanol–water partition coefficient (Wildman–Crippen LogP) is 1.11. The molecule has 0 saturated carbocycles. The lowest BCUT2D eigenvalue weighted by molar-refractivity contribution is -0.143. The summed E-state index contributed by atoms with van der Waals surface area (Å²) in [5.41, 5.74) is 1.01. The normalized spacial score (nSPS) is 10.2. The summed E-state index contributed by atoms with van der Waals surface area (Å²) in [5, 5.41) is 6.76. The first kappa shape index (κ1) is 11.7. The van der Waals surface area contributed by atoms with Crippen LogP contribution in [-0.2, 0) is 16.1 Å². The molecule has 0 bridgehead atoms. The van der Waals surface area contributed by atoms with Crippen LogP contribution in [0.15, 0.2) is 17.0 Å². The Balaban J connectivity index is 1.95. The van der Waals surface area contributed by atoms with Gasteiger partial charge in [0, 0.05) is 18.5 Å². The minimum absolute atomic E-state index is 0.135. The zero-order valence-electron chi connectivity index (χ0n) is 8.86. The molecule has 0 unspecified atom stereocenters. The lowest BCUT2D eigenvalue weighted by atomic mass is 10.3. The van der Waals surface area contributed by atoms with Gasteiger partial charge in [0.2, 0.25) is 0 Å². The number of hydrogen-bond acceptors (Lipinski definition) is 5. The number of esters is 1. The molecule has 0 radical (unpaired) electrons. The minimum Gasteiger partial charge on any atom is -0.466 e. The second-order valence-corrected chi connectivity index (χ2v) is 3.12. The van der Waals surface area contributed by atoms with Gasteiger partial charge in [-0.05, 0) is 19.9 Å². The predicted molar refractivity (Wildman–Crippen MR) is 54.1 cm³/mol. The summed E-state index contributed by atoms with van der Waals surface area (Å²) in [4.78, 5) is 11.0. The van der Waals surface area contributed by atoms with Gasteiger partial charge in [0.1, 0.15) is 6.26 Å². The van der Waals surface area contributed by atoms with E-state index in [2.05, 4.69) is 15.0 Å². The standard InChI is InChI=1S/C10H16N2O3/c1-2-14-10(13)4-3-5-11-6-9-7-12-15-8-9/h7-8,11H,2-6H2,1H3. The Morgan fingerprint density at radius 1 is 1.67 bits per heavy atom. The van der Waals surface area contributed by atoms with Gasteiger partial charge in [-0.15, -0.1) is 0 Å². The first-order chi connectivity index (χ1) is 7.33. The summed E-state index contributed by atoms with van der Waals surface area (Å²) < 4.78 is 9.48. The topological polar surface area (TPSA) is 64.4 Å². The average Bonchev–Trinajstić information content (AvgIpc) is 2.70. The fraction of sp³-hybridized carbons (Fsp3) is 0.600. The van der Waals surface area contributed by atoms with Gasteiger partial charge in [-0.3, -0.25) is 4.79 Å². The summed E-state index contributed by atoms with van der Waals surface area (Å²) >= 11 is 0. The van der Waals surface area contributed by atoms with Crippen LogP contribution in [0.3, 0.4) is 0 Å². The average molecular weight is 212 g/mol. The zero-order valence-corrected chi connectivity index (χ0v) is 8.86. The van der Waals surface area contributed by atoms with Gasteiger partial charge >= 0.3 is 5.97 Å². The fourth-order valence-corrected chi connectivity index (χ4v) is 1.14. The highest BCUT2D eigenvalue weighted by molar-refractivity contribution is 5.69. The van der Waals surface area contributed by atoms with Gasteiger partial charge in [0.25, 0.3) is 0 Å².